The van der Waals surface area contributed by atoms with Crippen molar-refractivity contribution in [2.75, 3.05) is 20.2 Å². The Hall–Kier alpha value is -0.320. The average molecular weight is 335 g/mol. The zero-order valence-electron chi connectivity index (χ0n) is 9.50. The summed E-state index contributed by atoms with van der Waals surface area (Å²) in [6, 6.07) is 3.68. The molecule has 1 aliphatic rings. The van der Waals surface area contributed by atoms with Crippen molar-refractivity contribution in [3.63, 3.8) is 0 Å². The molecule has 0 bridgehead atoms. The summed E-state index contributed by atoms with van der Waals surface area (Å²) in [5.41, 5.74) is 0.892. The number of hydrogen-bond acceptors (Lipinski definition) is 2. The molecule has 92 valence electrons. The normalized spacial score (nSPS) is 15.1. The molecule has 0 radical (unpaired) electrons. The summed E-state index contributed by atoms with van der Waals surface area (Å²) in [4.78, 5) is 3.03. The van der Waals surface area contributed by atoms with Gasteiger partial charge in [0.05, 0.1) is 17.1 Å². The summed E-state index contributed by atoms with van der Waals surface area (Å²) in [7, 11) is 1.64. The molecule has 1 aliphatic heterocycles. The zero-order chi connectivity index (χ0) is 12.4. The van der Waals surface area contributed by atoms with Crippen LogP contribution in [0.4, 0.5) is 0 Å². The van der Waals surface area contributed by atoms with Crippen molar-refractivity contribution in [2.45, 2.75) is 12.8 Å². The summed E-state index contributed by atoms with van der Waals surface area (Å²) >= 11 is 15.0. The van der Waals surface area contributed by atoms with Gasteiger partial charge in [-0.2, -0.15) is 0 Å². The number of halogens is 2. The highest BCUT2D eigenvalue weighted by molar-refractivity contribution is 9.10. The van der Waals surface area contributed by atoms with Crippen LogP contribution in [0.5, 0.6) is 5.75 Å². The smallest absolute Gasteiger partial charge is 0.143 e. The fourth-order valence-electron chi connectivity index (χ4n) is 2.02. The van der Waals surface area contributed by atoms with Crippen LogP contribution < -0.4 is 4.74 Å². The molecule has 0 unspecified atom stereocenters. The summed E-state index contributed by atoms with van der Waals surface area (Å²) < 4.78 is 6.23. The third kappa shape index (κ3) is 2.75. The van der Waals surface area contributed by atoms with E-state index in [9.17, 15) is 0 Å². The Kier molecular flexibility index (Phi) is 4.28. The van der Waals surface area contributed by atoms with E-state index < -0.39 is 0 Å². The van der Waals surface area contributed by atoms with Gasteiger partial charge in [-0.05, 0) is 40.9 Å². The minimum absolute atomic E-state index is 0.661. The maximum atomic E-state index is 6.07. The Bertz CT molecular complexity index is 446. The molecule has 1 saturated heterocycles. The van der Waals surface area contributed by atoms with E-state index in [1.165, 1.54) is 12.8 Å². The number of ether oxygens (including phenoxy) is 1. The average Bonchev–Trinajstić information content (AvgIpc) is 2.80. The zero-order valence-corrected chi connectivity index (χ0v) is 12.7. The van der Waals surface area contributed by atoms with E-state index in [2.05, 4.69) is 20.8 Å². The fourth-order valence-corrected chi connectivity index (χ4v) is 3.32. The number of hydrogen-bond donors (Lipinski definition) is 0. The van der Waals surface area contributed by atoms with Crippen LogP contribution in [0.3, 0.4) is 0 Å². The van der Waals surface area contributed by atoms with E-state index in [1.54, 1.807) is 7.11 Å². The van der Waals surface area contributed by atoms with Crippen molar-refractivity contribution in [1.82, 2.24) is 4.90 Å². The summed E-state index contributed by atoms with van der Waals surface area (Å²) in [5, 5.41) is 0.661. The number of nitrogens with zero attached hydrogens (tertiary/aromatic N) is 1. The van der Waals surface area contributed by atoms with E-state index in [0.717, 1.165) is 33.9 Å². The molecule has 0 atom stereocenters. The molecule has 5 heteroatoms. The van der Waals surface area contributed by atoms with Crippen molar-refractivity contribution in [3.8, 4) is 5.75 Å². The molecule has 1 heterocycles. The molecular weight excluding hydrogens is 322 g/mol. The van der Waals surface area contributed by atoms with Crippen molar-refractivity contribution in [1.29, 1.82) is 0 Å². The Labute approximate surface area is 120 Å². The lowest BCUT2D eigenvalue weighted by molar-refractivity contribution is 0.409. The Morgan fingerprint density at radius 3 is 2.65 bits per heavy atom. The first-order valence-electron chi connectivity index (χ1n) is 5.46. The van der Waals surface area contributed by atoms with E-state index >= 15 is 0 Å². The van der Waals surface area contributed by atoms with E-state index in [0.29, 0.717) is 5.02 Å². The third-order valence-electron chi connectivity index (χ3n) is 2.84. The molecule has 0 aromatic heterocycles. The van der Waals surface area contributed by atoms with Gasteiger partial charge in [0.25, 0.3) is 0 Å². The summed E-state index contributed by atoms with van der Waals surface area (Å²) in [6.45, 7) is 2.04. The third-order valence-corrected chi connectivity index (χ3v) is 4.12. The Morgan fingerprint density at radius 2 is 2.06 bits per heavy atom. The van der Waals surface area contributed by atoms with Crippen LogP contribution in [-0.2, 0) is 0 Å². The second-order valence-corrected chi connectivity index (χ2v) is 5.65. The molecule has 1 fully saturated rings. The second-order valence-electron chi connectivity index (χ2n) is 3.97. The van der Waals surface area contributed by atoms with Crippen molar-refractivity contribution >= 4 is 44.7 Å². The SMILES string of the molecule is COc1c(Br)cc(Cl)cc1C(=S)N1CCCC1. The summed E-state index contributed by atoms with van der Waals surface area (Å²) in [6.07, 6.45) is 2.40. The molecule has 2 nitrogen and oxygen atoms in total. The maximum absolute atomic E-state index is 6.07. The standard InChI is InChI=1S/C12H13BrClNOS/c1-16-11-9(6-8(14)7-10(11)13)12(17)15-4-2-3-5-15/h6-7H,2-5H2,1H3. The van der Waals surface area contributed by atoms with Crippen LogP contribution in [0.25, 0.3) is 0 Å². The highest BCUT2D eigenvalue weighted by atomic mass is 79.9. The van der Waals surface area contributed by atoms with Gasteiger partial charge in [-0.3, -0.25) is 0 Å². The molecule has 0 aliphatic carbocycles. The largest absolute Gasteiger partial charge is 0.495 e. The van der Waals surface area contributed by atoms with Crippen molar-refractivity contribution in [2.24, 2.45) is 0 Å². The Balaban J connectivity index is 2.39. The monoisotopic (exact) mass is 333 g/mol. The van der Waals surface area contributed by atoms with Gasteiger partial charge in [0, 0.05) is 18.1 Å². The van der Waals surface area contributed by atoms with E-state index in [1.807, 2.05) is 12.1 Å². The first-order valence-corrected chi connectivity index (χ1v) is 7.03. The summed E-state index contributed by atoms with van der Waals surface area (Å²) in [5.74, 6) is 0.756. The van der Waals surface area contributed by atoms with Crippen molar-refractivity contribution in [3.05, 3.63) is 27.2 Å². The topological polar surface area (TPSA) is 12.5 Å². The molecule has 0 saturated carbocycles. The molecule has 1 aromatic carbocycles. The van der Waals surface area contributed by atoms with Gasteiger partial charge in [0.15, 0.2) is 0 Å². The van der Waals surface area contributed by atoms with Crippen LogP contribution in [0.15, 0.2) is 16.6 Å². The lowest BCUT2D eigenvalue weighted by Crippen LogP contribution is -2.27. The van der Waals surface area contributed by atoms with Crippen LogP contribution in [0.2, 0.25) is 5.02 Å². The molecule has 1 aromatic rings. The lowest BCUT2D eigenvalue weighted by atomic mass is 10.2. The van der Waals surface area contributed by atoms with E-state index in [-0.39, 0.29) is 0 Å². The highest BCUT2D eigenvalue weighted by Crippen LogP contribution is 2.34. The van der Waals surface area contributed by atoms with Crippen LogP contribution >= 0.6 is 39.7 Å². The predicted molar refractivity (Wildman–Crippen MR) is 78.2 cm³/mol. The maximum Gasteiger partial charge on any atom is 0.143 e. The minimum atomic E-state index is 0.661. The van der Waals surface area contributed by atoms with Gasteiger partial charge < -0.3 is 9.64 Å². The van der Waals surface area contributed by atoms with Crippen molar-refractivity contribution < 1.29 is 4.74 Å². The molecule has 0 amide bonds. The molecule has 17 heavy (non-hydrogen) atoms. The predicted octanol–water partition coefficient (Wildman–Crippen LogP) is 3.88. The number of benzene rings is 1. The molecule has 0 N–H and O–H groups in total. The molecular formula is C12H13BrClNOS. The lowest BCUT2D eigenvalue weighted by Gasteiger charge is -2.21. The first kappa shape index (κ1) is 13.1. The van der Waals surface area contributed by atoms with Crippen LogP contribution in [0.1, 0.15) is 18.4 Å². The fraction of sp³-hybridized carbons (Fsp3) is 0.417. The first-order chi connectivity index (χ1) is 8.13. The van der Waals surface area contributed by atoms with Gasteiger partial charge in [-0.1, -0.05) is 23.8 Å². The second kappa shape index (κ2) is 5.55. The van der Waals surface area contributed by atoms with E-state index in [4.69, 9.17) is 28.6 Å². The van der Waals surface area contributed by atoms with Gasteiger partial charge in [-0.25, -0.2) is 0 Å². The van der Waals surface area contributed by atoms with Gasteiger partial charge in [0.1, 0.15) is 10.7 Å². The number of thiocarbonyl (C=S) groups is 1. The molecule has 0 spiro atoms. The van der Waals surface area contributed by atoms with Crippen LogP contribution in [-0.4, -0.2) is 30.1 Å². The quantitative estimate of drug-likeness (QED) is 0.762. The number of rotatable bonds is 2. The minimum Gasteiger partial charge on any atom is -0.495 e. The van der Waals surface area contributed by atoms with Gasteiger partial charge in [-0.15, -0.1) is 0 Å². The molecule has 2 rings (SSSR count). The number of likely N-dealkylation sites (tertiary alicyclic amines) is 1. The van der Waals surface area contributed by atoms with Gasteiger partial charge in [0.2, 0.25) is 0 Å². The number of methoxy groups -OCH3 is 1. The van der Waals surface area contributed by atoms with Crippen LogP contribution in [0, 0.1) is 0 Å². The highest BCUT2D eigenvalue weighted by Gasteiger charge is 2.20. The van der Waals surface area contributed by atoms with Gasteiger partial charge >= 0.3 is 0 Å². The Morgan fingerprint density at radius 1 is 1.41 bits per heavy atom.